The Morgan fingerprint density at radius 1 is 0.494 bits per heavy atom. The zero-order valence-electron chi connectivity index (χ0n) is 45.8. The molecule has 3 nitrogen and oxygen atoms in total. The Morgan fingerprint density at radius 3 is 1.75 bits per heavy atom. The van der Waals surface area contributed by atoms with E-state index < -0.39 is 0 Å². The van der Waals surface area contributed by atoms with Crippen molar-refractivity contribution in [2.24, 2.45) is 29.6 Å². The standard InChI is InChI=1S/C73H68BN3/c1-69(2)56-16-12-18-60-66(56)74-67-57(69)17-13-19-61(67)76(54-27-23-52(24-28-54)71(4)41-49-34-46-35-50(42-71)65(46)49)63-38-55(77-59-29-20-44(43-14-8-7-9-15-43)36-58(59)72(5)30-10-11-31-73(72,77)6)37-62(68(63)74)75(60)53-25-21-51(22-26-53)70(3)39-47-32-45-33-48(40-70)64(45)47/h7-9,12-29,32,36-38,40-41,46-47,50,64-65H,10-11,30-31,33-35,39,42H2,1-6H3. The van der Waals surface area contributed by atoms with E-state index in [0.717, 1.165) is 30.1 Å². The second-order valence-corrected chi connectivity index (χ2v) is 27.7. The van der Waals surface area contributed by atoms with Crippen LogP contribution in [0, 0.1) is 29.6 Å². The first-order chi connectivity index (χ1) is 37.3. The van der Waals surface area contributed by atoms with Crippen LogP contribution in [0.2, 0.25) is 0 Å². The molecule has 4 heterocycles. The van der Waals surface area contributed by atoms with E-state index in [2.05, 4.69) is 220 Å². The molecule has 0 amide bonds. The number of allylic oxidation sites excluding steroid dienone is 6. The van der Waals surface area contributed by atoms with E-state index in [4.69, 9.17) is 0 Å². The van der Waals surface area contributed by atoms with E-state index in [1.807, 2.05) is 0 Å². The second-order valence-electron chi connectivity index (χ2n) is 27.7. The summed E-state index contributed by atoms with van der Waals surface area (Å²) < 4.78 is 0. The Hall–Kier alpha value is -6.78. The molecule has 7 aliphatic carbocycles. The maximum Gasteiger partial charge on any atom is 0.252 e. The third-order valence-corrected chi connectivity index (χ3v) is 23.5. The van der Waals surface area contributed by atoms with Crippen molar-refractivity contribution in [1.82, 2.24) is 0 Å². The molecule has 9 atom stereocenters. The molecular weight excluding hydrogens is 930 g/mol. The monoisotopic (exact) mass is 998 g/mol. The van der Waals surface area contributed by atoms with Gasteiger partial charge in [-0.05, 0) is 192 Å². The topological polar surface area (TPSA) is 9.72 Å². The number of nitrogens with zero attached hydrogens (tertiary/aromatic N) is 3. The van der Waals surface area contributed by atoms with Crippen LogP contribution in [-0.4, -0.2) is 12.3 Å². The van der Waals surface area contributed by atoms with Crippen LogP contribution < -0.4 is 31.1 Å². The van der Waals surface area contributed by atoms with Gasteiger partial charge in [-0.25, -0.2) is 0 Å². The largest absolute Gasteiger partial charge is 0.334 e. The van der Waals surface area contributed by atoms with E-state index in [-0.39, 0.29) is 33.9 Å². The average molecular weight is 998 g/mol. The van der Waals surface area contributed by atoms with Crippen LogP contribution in [0.1, 0.15) is 127 Å². The normalized spacial score (nSPS) is 31.9. The third-order valence-electron chi connectivity index (χ3n) is 23.5. The zero-order chi connectivity index (χ0) is 51.3. The molecule has 11 aliphatic rings. The molecule has 378 valence electrons. The number of anilines is 8. The molecule has 4 fully saturated rings. The predicted molar refractivity (Wildman–Crippen MR) is 320 cm³/mol. The van der Waals surface area contributed by atoms with Gasteiger partial charge in [0, 0.05) is 73.1 Å². The van der Waals surface area contributed by atoms with Crippen LogP contribution in [0.25, 0.3) is 11.1 Å². The van der Waals surface area contributed by atoms with Crippen molar-refractivity contribution in [2.45, 2.75) is 127 Å². The van der Waals surface area contributed by atoms with Gasteiger partial charge in [-0.3, -0.25) is 0 Å². The smallest absolute Gasteiger partial charge is 0.252 e. The van der Waals surface area contributed by atoms with E-state index in [9.17, 15) is 0 Å². The van der Waals surface area contributed by atoms with Crippen LogP contribution in [0.4, 0.5) is 45.5 Å². The number of hydrogen-bond donors (Lipinski definition) is 0. The Morgan fingerprint density at radius 2 is 1.13 bits per heavy atom. The molecule has 0 aromatic heterocycles. The van der Waals surface area contributed by atoms with Crippen molar-refractivity contribution in [3.8, 4) is 11.1 Å². The van der Waals surface area contributed by atoms with Gasteiger partial charge in [-0.15, -0.1) is 0 Å². The van der Waals surface area contributed by atoms with E-state index in [1.54, 1.807) is 16.7 Å². The molecule has 4 saturated carbocycles. The van der Waals surface area contributed by atoms with Crippen LogP contribution >= 0.6 is 0 Å². The van der Waals surface area contributed by atoms with Crippen LogP contribution in [-0.2, 0) is 21.7 Å². The fourth-order valence-electron chi connectivity index (χ4n) is 19.5. The van der Waals surface area contributed by atoms with Crippen LogP contribution in [0.3, 0.4) is 0 Å². The summed E-state index contributed by atoms with van der Waals surface area (Å²) in [4.78, 5) is 8.26. The number of hydrogen-bond acceptors (Lipinski definition) is 3. The lowest BCUT2D eigenvalue weighted by atomic mass is 9.28. The molecule has 0 saturated heterocycles. The molecule has 4 heteroatoms. The van der Waals surface area contributed by atoms with Crippen molar-refractivity contribution >= 4 is 68.6 Å². The predicted octanol–water partition coefficient (Wildman–Crippen LogP) is 16.2. The van der Waals surface area contributed by atoms with Crippen molar-refractivity contribution in [3.05, 3.63) is 208 Å². The van der Waals surface area contributed by atoms with Gasteiger partial charge in [0.1, 0.15) is 0 Å². The minimum absolute atomic E-state index is 0.0342. The number of benzene rings is 7. The lowest BCUT2D eigenvalue weighted by molar-refractivity contribution is 0.00736. The van der Waals surface area contributed by atoms with Crippen molar-refractivity contribution < 1.29 is 0 Å². The quantitative estimate of drug-likeness (QED) is 0.121. The van der Waals surface area contributed by atoms with Crippen molar-refractivity contribution in [3.63, 3.8) is 0 Å². The van der Waals surface area contributed by atoms with Gasteiger partial charge in [0.05, 0.1) is 5.54 Å². The molecule has 7 aromatic rings. The average Bonchev–Trinajstić information content (AvgIpc) is 3.63. The van der Waals surface area contributed by atoms with Gasteiger partial charge in [0.2, 0.25) is 0 Å². The summed E-state index contributed by atoms with van der Waals surface area (Å²) in [6, 6.07) is 58.3. The lowest BCUT2D eigenvalue weighted by Gasteiger charge is -2.60. The van der Waals surface area contributed by atoms with Gasteiger partial charge in [-0.1, -0.05) is 167 Å². The first-order valence-corrected chi connectivity index (χ1v) is 29.7. The fraction of sp³-hybridized carbons (Fsp3) is 0.342. The molecule has 18 rings (SSSR count). The Bertz CT molecular complexity index is 3770. The highest BCUT2D eigenvalue weighted by Crippen LogP contribution is 2.66. The highest BCUT2D eigenvalue weighted by Gasteiger charge is 2.60. The maximum absolute atomic E-state index is 2.85. The summed E-state index contributed by atoms with van der Waals surface area (Å²) in [7, 11) is 0. The minimum atomic E-state index is -0.202. The first kappa shape index (κ1) is 44.2. The molecule has 77 heavy (non-hydrogen) atoms. The summed E-state index contributed by atoms with van der Waals surface area (Å²) in [6.07, 6.45) is 19.2. The van der Waals surface area contributed by atoms with E-state index in [0.29, 0.717) is 5.92 Å². The summed E-state index contributed by atoms with van der Waals surface area (Å²) in [5, 5.41) is 0. The van der Waals surface area contributed by atoms with E-state index >= 15 is 0 Å². The molecule has 7 aromatic carbocycles. The molecule has 0 bridgehead atoms. The van der Waals surface area contributed by atoms with Gasteiger partial charge < -0.3 is 14.7 Å². The fourth-order valence-corrected chi connectivity index (χ4v) is 19.5. The van der Waals surface area contributed by atoms with Crippen molar-refractivity contribution in [2.75, 3.05) is 14.7 Å². The Kier molecular flexibility index (Phi) is 8.31. The second kappa shape index (κ2) is 14.5. The molecule has 0 N–H and O–H groups in total. The SMILES string of the molecule is CC1(c2ccc(N3c4cc(N5c6ccc(-c7ccccc7)cc6C6(C)CCCCC56C)cc5c4B4c6c3cccc6C(C)(C)c3cccc(c34)N5c3ccc(C4(C)C=C5CC6CC(C4)C56)cc3)cc2)C=C2CC3=CC(C1)C32. The number of rotatable bonds is 6. The zero-order valence-corrected chi connectivity index (χ0v) is 45.8. The van der Waals surface area contributed by atoms with Crippen molar-refractivity contribution in [1.29, 1.82) is 0 Å². The van der Waals surface area contributed by atoms with Gasteiger partial charge in [-0.2, -0.15) is 0 Å². The van der Waals surface area contributed by atoms with E-state index in [1.165, 1.54) is 152 Å². The summed E-state index contributed by atoms with van der Waals surface area (Å²) in [5.74, 6) is 4.16. The molecule has 4 aliphatic heterocycles. The third kappa shape index (κ3) is 5.42. The summed E-state index contributed by atoms with van der Waals surface area (Å²) >= 11 is 0. The molecular formula is C73H68BN3. The summed E-state index contributed by atoms with van der Waals surface area (Å²) in [5.41, 5.74) is 29.5. The number of fused-ring (bicyclic) bond motifs is 3. The first-order valence-electron chi connectivity index (χ1n) is 29.7. The van der Waals surface area contributed by atoms with Crippen LogP contribution in [0.5, 0.6) is 0 Å². The van der Waals surface area contributed by atoms with Gasteiger partial charge in [0.25, 0.3) is 6.71 Å². The van der Waals surface area contributed by atoms with Gasteiger partial charge in [0.15, 0.2) is 0 Å². The van der Waals surface area contributed by atoms with Gasteiger partial charge >= 0.3 is 0 Å². The van der Waals surface area contributed by atoms with Crippen LogP contribution in [0.15, 0.2) is 181 Å². The Labute approximate surface area is 456 Å². The Balaban J connectivity index is 0.874. The lowest BCUT2D eigenvalue weighted by Crippen LogP contribution is -2.67. The minimum Gasteiger partial charge on any atom is -0.334 e. The highest BCUT2D eigenvalue weighted by molar-refractivity contribution is 7.01. The highest BCUT2D eigenvalue weighted by atomic mass is 15.3. The molecule has 0 spiro atoms. The molecule has 0 radical (unpaired) electrons. The summed E-state index contributed by atoms with van der Waals surface area (Å²) in [6.45, 7) is 15.3. The maximum atomic E-state index is 2.85. The molecule has 9 unspecified atom stereocenters.